The minimum atomic E-state index is -0.499. The van der Waals surface area contributed by atoms with Gasteiger partial charge in [-0.3, -0.25) is 9.79 Å². The van der Waals surface area contributed by atoms with Crippen molar-refractivity contribution in [1.82, 2.24) is 20.4 Å². The van der Waals surface area contributed by atoms with Crippen LogP contribution in [0.3, 0.4) is 0 Å². The Morgan fingerprint density at radius 3 is 2.45 bits per heavy atom. The van der Waals surface area contributed by atoms with E-state index in [0.29, 0.717) is 25.0 Å². The van der Waals surface area contributed by atoms with Crippen molar-refractivity contribution in [2.24, 2.45) is 10.9 Å². The zero-order valence-corrected chi connectivity index (χ0v) is 20.8. The van der Waals surface area contributed by atoms with Gasteiger partial charge in [-0.1, -0.05) is 12.8 Å². The fourth-order valence-electron chi connectivity index (χ4n) is 3.67. The van der Waals surface area contributed by atoms with Crippen molar-refractivity contribution in [2.45, 2.75) is 64.5 Å². The monoisotopic (exact) mass is 523 g/mol. The van der Waals surface area contributed by atoms with Crippen LogP contribution in [0.1, 0.15) is 52.9 Å². The molecule has 0 aromatic heterocycles. The van der Waals surface area contributed by atoms with Gasteiger partial charge in [0, 0.05) is 52.2 Å². The smallest absolute Gasteiger partial charge is 0.410 e. The first-order chi connectivity index (χ1) is 13.2. The van der Waals surface area contributed by atoms with Gasteiger partial charge in [-0.15, -0.1) is 24.0 Å². The van der Waals surface area contributed by atoms with Crippen molar-refractivity contribution >= 4 is 41.9 Å². The molecule has 1 saturated carbocycles. The van der Waals surface area contributed by atoms with Gasteiger partial charge in [0.1, 0.15) is 5.60 Å². The lowest BCUT2D eigenvalue weighted by Crippen LogP contribution is -2.47. The molecule has 29 heavy (non-hydrogen) atoms. The van der Waals surface area contributed by atoms with Crippen molar-refractivity contribution in [3.8, 4) is 0 Å². The molecule has 2 N–H and O–H groups in total. The van der Waals surface area contributed by atoms with E-state index in [1.807, 2.05) is 25.7 Å². The molecule has 0 aromatic rings. The van der Waals surface area contributed by atoms with Crippen molar-refractivity contribution in [2.75, 3.05) is 40.3 Å². The van der Waals surface area contributed by atoms with Crippen LogP contribution in [0.4, 0.5) is 4.79 Å². The maximum absolute atomic E-state index is 12.6. The number of aliphatic imine (C=N–C) groups is 1. The Labute approximate surface area is 192 Å². The lowest BCUT2D eigenvalue weighted by Gasteiger charge is -2.25. The largest absolute Gasteiger partial charge is 0.444 e. The van der Waals surface area contributed by atoms with Crippen LogP contribution < -0.4 is 10.6 Å². The highest BCUT2D eigenvalue weighted by Gasteiger charge is 2.32. The number of guanidine groups is 1. The van der Waals surface area contributed by atoms with E-state index in [-0.39, 0.29) is 42.0 Å². The third kappa shape index (κ3) is 8.55. The molecule has 1 aliphatic heterocycles. The highest BCUT2D eigenvalue weighted by Crippen LogP contribution is 2.27. The van der Waals surface area contributed by atoms with E-state index in [0.717, 1.165) is 32.4 Å². The Balaban J connectivity index is 0.00000420. The highest BCUT2D eigenvalue weighted by atomic mass is 127. The maximum atomic E-state index is 12.6. The second kappa shape index (κ2) is 11.8. The first-order valence-electron chi connectivity index (χ1n) is 10.4. The molecule has 0 aromatic carbocycles. The number of halogens is 1. The number of carbonyl (C=O) groups excluding carboxylic acids is 2. The van der Waals surface area contributed by atoms with Crippen LogP contribution in [0, 0.1) is 5.92 Å². The molecule has 2 fully saturated rings. The number of carbonyl (C=O) groups is 2. The zero-order chi connectivity index (χ0) is 20.7. The first-order valence-corrected chi connectivity index (χ1v) is 10.4. The average Bonchev–Trinajstić information content (AvgIpc) is 3.30. The lowest BCUT2D eigenvalue weighted by atomic mass is 10.1. The Morgan fingerprint density at radius 2 is 1.86 bits per heavy atom. The van der Waals surface area contributed by atoms with Gasteiger partial charge in [-0.05, 0) is 40.0 Å². The van der Waals surface area contributed by atoms with Crippen LogP contribution in [-0.2, 0) is 9.53 Å². The summed E-state index contributed by atoms with van der Waals surface area (Å²) in [4.78, 5) is 32.3. The second-order valence-electron chi connectivity index (χ2n) is 8.80. The third-order valence-corrected chi connectivity index (χ3v) is 5.21. The van der Waals surface area contributed by atoms with Gasteiger partial charge in [-0.25, -0.2) is 4.79 Å². The summed E-state index contributed by atoms with van der Waals surface area (Å²) in [6.45, 7) is 8.17. The first kappa shape index (κ1) is 25.8. The lowest BCUT2D eigenvalue weighted by molar-refractivity contribution is -0.134. The molecule has 0 spiro atoms. The fraction of sp³-hybridized carbons (Fsp3) is 0.850. The number of hydrogen-bond donors (Lipinski definition) is 2. The van der Waals surface area contributed by atoms with E-state index in [1.54, 1.807) is 19.0 Å². The number of hydrogen-bond acceptors (Lipinski definition) is 4. The van der Waals surface area contributed by atoms with Gasteiger partial charge in [0.15, 0.2) is 5.96 Å². The molecule has 168 valence electrons. The summed E-state index contributed by atoms with van der Waals surface area (Å²) < 4.78 is 5.34. The number of ether oxygens (including phenoxy) is 1. The van der Waals surface area contributed by atoms with Crippen LogP contribution in [0.15, 0.2) is 4.99 Å². The normalized spacial score (nSPS) is 20.2. The van der Waals surface area contributed by atoms with Gasteiger partial charge in [-0.2, -0.15) is 0 Å². The summed E-state index contributed by atoms with van der Waals surface area (Å²) in [5.41, 5.74) is -0.499. The van der Waals surface area contributed by atoms with Gasteiger partial charge in [0.05, 0.1) is 0 Å². The molecule has 2 aliphatic rings. The minimum absolute atomic E-state index is 0. The predicted molar refractivity (Wildman–Crippen MR) is 126 cm³/mol. The van der Waals surface area contributed by atoms with Crippen molar-refractivity contribution in [1.29, 1.82) is 0 Å². The third-order valence-electron chi connectivity index (χ3n) is 5.21. The summed E-state index contributed by atoms with van der Waals surface area (Å²) in [5.74, 6) is 1.25. The van der Waals surface area contributed by atoms with Crippen LogP contribution in [0.5, 0.6) is 0 Å². The van der Waals surface area contributed by atoms with E-state index in [9.17, 15) is 9.59 Å². The number of amides is 2. The van der Waals surface area contributed by atoms with Crippen molar-refractivity contribution in [3.63, 3.8) is 0 Å². The summed E-state index contributed by atoms with van der Waals surface area (Å²) in [6, 6.07) is 0.208. The molecule has 1 heterocycles. The second-order valence-corrected chi connectivity index (χ2v) is 8.80. The summed E-state index contributed by atoms with van der Waals surface area (Å²) in [5, 5.41) is 6.62. The van der Waals surface area contributed by atoms with Crippen molar-refractivity contribution < 1.29 is 14.3 Å². The van der Waals surface area contributed by atoms with Gasteiger partial charge >= 0.3 is 6.09 Å². The van der Waals surface area contributed by atoms with Crippen LogP contribution in [-0.4, -0.2) is 79.7 Å². The SMILES string of the molecule is CN=C(NCCN(C)C(=O)OC(C)(C)C)NC1CCN(C(=O)C2CCCC2)C1.I. The molecule has 0 radical (unpaired) electrons. The highest BCUT2D eigenvalue weighted by molar-refractivity contribution is 14.0. The van der Waals surface area contributed by atoms with Gasteiger partial charge in [0.2, 0.25) is 5.91 Å². The molecule has 1 saturated heterocycles. The van der Waals surface area contributed by atoms with E-state index >= 15 is 0 Å². The van der Waals surface area contributed by atoms with E-state index in [4.69, 9.17) is 4.74 Å². The van der Waals surface area contributed by atoms with Crippen LogP contribution >= 0.6 is 24.0 Å². The molecule has 1 atom stereocenters. The number of nitrogens with one attached hydrogen (secondary N) is 2. The van der Waals surface area contributed by atoms with E-state index in [2.05, 4.69) is 15.6 Å². The molecule has 2 rings (SSSR count). The number of likely N-dealkylation sites (N-methyl/N-ethyl adjacent to an activating group) is 1. The Hall–Kier alpha value is -1.26. The standard InChI is InChI=1S/C20H37N5O3.HI/c1-20(2,3)28-19(27)24(5)13-11-22-18(21-4)23-16-10-12-25(14-16)17(26)15-8-6-7-9-15;/h15-16H,6-14H2,1-5H3,(H2,21,22,23);1H. The minimum Gasteiger partial charge on any atom is -0.444 e. The summed E-state index contributed by atoms with van der Waals surface area (Å²) in [6.07, 6.45) is 5.04. The molecular weight excluding hydrogens is 485 g/mol. The molecule has 9 heteroatoms. The van der Waals surface area contributed by atoms with Crippen molar-refractivity contribution in [3.05, 3.63) is 0 Å². The van der Waals surface area contributed by atoms with E-state index < -0.39 is 5.60 Å². The van der Waals surface area contributed by atoms with Gasteiger partial charge < -0.3 is 25.2 Å². The number of likely N-dealkylation sites (tertiary alicyclic amines) is 1. The molecule has 0 bridgehead atoms. The summed E-state index contributed by atoms with van der Waals surface area (Å²) >= 11 is 0. The Bertz CT molecular complexity index is 573. The van der Waals surface area contributed by atoms with Crippen LogP contribution in [0.25, 0.3) is 0 Å². The van der Waals surface area contributed by atoms with Crippen LogP contribution in [0.2, 0.25) is 0 Å². The number of rotatable bonds is 5. The molecule has 1 unspecified atom stereocenters. The average molecular weight is 523 g/mol. The predicted octanol–water partition coefficient (Wildman–Crippen LogP) is 2.43. The molecular formula is C20H38IN5O3. The Kier molecular flexibility index (Phi) is 10.5. The van der Waals surface area contributed by atoms with E-state index in [1.165, 1.54) is 12.8 Å². The topological polar surface area (TPSA) is 86.3 Å². The molecule has 2 amide bonds. The quantitative estimate of drug-likeness (QED) is 0.329. The summed E-state index contributed by atoms with van der Waals surface area (Å²) in [7, 11) is 3.44. The number of nitrogens with zero attached hydrogens (tertiary/aromatic N) is 3. The maximum Gasteiger partial charge on any atom is 0.410 e. The van der Waals surface area contributed by atoms with Gasteiger partial charge in [0.25, 0.3) is 0 Å². The zero-order valence-electron chi connectivity index (χ0n) is 18.5. The molecule has 1 aliphatic carbocycles. The fourth-order valence-corrected chi connectivity index (χ4v) is 3.67. The molecule has 8 nitrogen and oxygen atoms in total. The Morgan fingerprint density at radius 1 is 1.21 bits per heavy atom.